The number of ether oxygens (including phenoxy) is 1. The Balaban J connectivity index is 2.66. The predicted molar refractivity (Wildman–Crippen MR) is 62.1 cm³/mol. The van der Waals surface area contributed by atoms with Gasteiger partial charge in [0.2, 0.25) is 0 Å². The maximum atomic E-state index is 11.2. The van der Waals surface area contributed by atoms with Crippen molar-refractivity contribution < 1.29 is 9.53 Å². The SMILES string of the molecule is CCOC(=O)CNc1c(N)c(CC)nn1C. The van der Waals surface area contributed by atoms with Gasteiger partial charge in [0.15, 0.2) is 0 Å². The number of nitrogens with two attached hydrogens (primary N) is 1. The number of carbonyl (C=O) groups excluding carboxylic acids is 1. The Kier molecular flexibility index (Phi) is 4.16. The fourth-order valence-electron chi connectivity index (χ4n) is 1.43. The van der Waals surface area contributed by atoms with Crippen LogP contribution in [0.3, 0.4) is 0 Å². The first kappa shape index (κ1) is 12.4. The van der Waals surface area contributed by atoms with Gasteiger partial charge in [-0.1, -0.05) is 6.92 Å². The van der Waals surface area contributed by atoms with Gasteiger partial charge in [-0.15, -0.1) is 0 Å². The molecule has 0 amide bonds. The van der Waals surface area contributed by atoms with Crippen LogP contribution in [0, 0.1) is 0 Å². The third-order valence-electron chi connectivity index (χ3n) is 2.20. The van der Waals surface area contributed by atoms with E-state index in [9.17, 15) is 4.79 Å². The van der Waals surface area contributed by atoms with Crippen LogP contribution < -0.4 is 11.1 Å². The molecule has 0 fully saturated rings. The van der Waals surface area contributed by atoms with Gasteiger partial charge in [-0.3, -0.25) is 9.48 Å². The molecule has 6 heteroatoms. The molecule has 1 rings (SSSR count). The molecule has 0 bridgehead atoms. The molecule has 0 aliphatic carbocycles. The molecule has 1 aromatic heterocycles. The highest BCUT2D eigenvalue weighted by molar-refractivity contribution is 5.77. The van der Waals surface area contributed by atoms with Crippen molar-refractivity contribution in [2.24, 2.45) is 7.05 Å². The zero-order valence-electron chi connectivity index (χ0n) is 9.91. The smallest absolute Gasteiger partial charge is 0.325 e. The van der Waals surface area contributed by atoms with Crippen molar-refractivity contribution in [1.29, 1.82) is 0 Å². The second kappa shape index (κ2) is 5.39. The molecule has 0 aliphatic heterocycles. The fraction of sp³-hybridized carbons (Fsp3) is 0.600. The molecule has 0 atom stereocenters. The van der Waals surface area contributed by atoms with Crippen LogP contribution in [-0.4, -0.2) is 28.9 Å². The molecule has 0 radical (unpaired) electrons. The summed E-state index contributed by atoms with van der Waals surface area (Å²) in [6.07, 6.45) is 0.765. The van der Waals surface area contributed by atoms with E-state index >= 15 is 0 Å². The van der Waals surface area contributed by atoms with E-state index < -0.39 is 0 Å². The number of aromatic nitrogens is 2. The van der Waals surface area contributed by atoms with Gasteiger partial charge < -0.3 is 15.8 Å². The van der Waals surface area contributed by atoms with E-state index in [2.05, 4.69) is 10.4 Å². The lowest BCUT2D eigenvalue weighted by molar-refractivity contribution is -0.140. The van der Waals surface area contributed by atoms with Gasteiger partial charge in [0.1, 0.15) is 12.4 Å². The van der Waals surface area contributed by atoms with Crippen molar-refractivity contribution in [2.45, 2.75) is 20.3 Å². The standard InChI is InChI=1S/C10H18N4O2/c1-4-7-9(11)10(14(3)13-7)12-6-8(15)16-5-2/h12H,4-6,11H2,1-3H3. The Labute approximate surface area is 94.8 Å². The van der Waals surface area contributed by atoms with Gasteiger partial charge in [0.05, 0.1) is 18.0 Å². The molecule has 0 unspecified atom stereocenters. The maximum Gasteiger partial charge on any atom is 0.325 e. The Morgan fingerprint density at radius 3 is 2.75 bits per heavy atom. The van der Waals surface area contributed by atoms with Crippen LogP contribution in [0.2, 0.25) is 0 Å². The van der Waals surface area contributed by atoms with Crippen molar-refractivity contribution in [3.8, 4) is 0 Å². The molecule has 90 valence electrons. The highest BCUT2D eigenvalue weighted by Crippen LogP contribution is 2.21. The normalized spacial score (nSPS) is 10.2. The molecule has 0 aromatic carbocycles. The van der Waals surface area contributed by atoms with Crippen molar-refractivity contribution >= 4 is 17.5 Å². The molecular weight excluding hydrogens is 208 g/mol. The molecular formula is C10H18N4O2. The fourth-order valence-corrected chi connectivity index (χ4v) is 1.43. The zero-order valence-corrected chi connectivity index (χ0v) is 9.91. The lowest BCUT2D eigenvalue weighted by Crippen LogP contribution is -2.18. The number of nitrogen functional groups attached to an aromatic ring is 1. The van der Waals surface area contributed by atoms with Crippen LogP contribution in [0.25, 0.3) is 0 Å². The minimum atomic E-state index is -0.304. The Morgan fingerprint density at radius 2 is 2.25 bits per heavy atom. The number of carbonyl (C=O) groups is 1. The summed E-state index contributed by atoms with van der Waals surface area (Å²) in [5.41, 5.74) is 7.30. The topological polar surface area (TPSA) is 82.2 Å². The van der Waals surface area contributed by atoms with Gasteiger partial charge in [-0.25, -0.2) is 0 Å². The molecule has 3 N–H and O–H groups in total. The summed E-state index contributed by atoms with van der Waals surface area (Å²) in [6.45, 7) is 4.22. The number of anilines is 2. The van der Waals surface area contributed by atoms with Crippen molar-refractivity contribution in [3.05, 3.63) is 5.69 Å². The lowest BCUT2D eigenvalue weighted by Gasteiger charge is -2.06. The van der Waals surface area contributed by atoms with Crippen LogP contribution in [0.15, 0.2) is 0 Å². The summed E-state index contributed by atoms with van der Waals surface area (Å²) in [4.78, 5) is 11.2. The average Bonchev–Trinajstić information content (AvgIpc) is 2.52. The minimum Gasteiger partial charge on any atom is -0.465 e. The molecule has 1 aromatic rings. The molecule has 0 aliphatic rings. The van der Waals surface area contributed by atoms with E-state index in [1.54, 1.807) is 18.7 Å². The third kappa shape index (κ3) is 2.65. The lowest BCUT2D eigenvalue weighted by atomic mass is 10.3. The zero-order chi connectivity index (χ0) is 12.1. The molecule has 0 saturated carbocycles. The third-order valence-corrected chi connectivity index (χ3v) is 2.20. The van der Waals surface area contributed by atoms with E-state index in [1.807, 2.05) is 6.92 Å². The molecule has 16 heavy (non-hydrogen) atoms. The summed E-state index contributed by atoms with van der Waals surface area (Å²) in [5, 5.41) is 7.15. The van der Waals surface area contributed by atoms with E-state index in [0.717, 1.165) is 12.1 Å². The summed E-state index contributed by atoms with van der Waals surface area (Å²) < 4.78 is 6.44. The van der Waals surface area contributed by atoms with Crippen LogP contribution in [0.4, 0.5) is 11.5 Å². The van der Waals surface area contributed by atoms with Crippen molar-refractivity contribution in [3.63, 3.8) is 0 Å². The van der Waals surface area contributed by atoms with Gasteiger partial charge in [-0.05, 0) is 13.3 Å². The number of esters is 1. The first-order chi connectivity index (χ1) is 7.60. The first-order valence-corrected chi connectivity index (χ1v) is 5.30. The van der Waals surface area contributed by atoms with Crippen molar-refractivity contribution in [2.75, 3.05) is 24.2 Å². The minimum absolute atomic E-state index is 0.0979. The summed E-state index contributed by atoms with van der Waals surface area (Å²) in [6, 6.07) is 0. The summed E-state index contributed by atoms with van der Waals surface area (Å²) in [5.74, 6) is 0.353. The largest absolute Gasteiger partial charge is 0.465 e. The number of rotatable bonds is 5. The Morgan fingerprint density at radius 1 is 1.56 bits per heavy atom. The Bertz CT molecular complexity index is 373. The summed E-state index contributed by atoms with van der Waals surface area (Å²) >= 11 is 0. The van der Waals surface area contributed by atoms with E-state index in [0.29, 0.717) is 18.1 Å². The monoisotopic (exact) mass is 226 g/mol. The van der Waals surface area contributed by atoms with Crippen LogP contribution in [0.5, 0.6) is 0 Å². The molecule has 0 spiro atoms. The predicted octanol–water partition coefficient (Wildman–Crippen LogP) is 0.540. The number of nitrogens with zero attached hydrogens (tertiary/aromatic N) is 2. The summed E-state index contributed by atoms with van der Waals surface area (Å²) in [7, 11) is 1.78. The van der Waals surface area contributed by atoms with Crippen LogP contribution >= 0.6 is 0 Å². The van der Waals surface area contributed by atoms with Crippen LogP contribution in [0.1, 0.15) is 19.5 Å². The van der Waals surface area contributed by atoms with E-state index in [-0.39, 0.29) is 12.5 Å². The first-order valence-electron chi connectivity index (χ1n) is 5.30. The van der Waals surface area contributed by atoms with Gasteiger partial charge in [0, 0.05) is 7.05 Å². The van der Waals surface area contributed by atoms with Gasteiger partial charge >= 0.3 is 5.97 Å². The average molecular weight is 226 g/mol. The van der Waals surface area contributed by atoms with E-state index in [1.165, 1.54) is 0 Å². The second-order valence-electron chi connectivity index (χ2n) is 3.34. The molecule has 1 heterocycles. The highest BCUT2D eigenvalue weighted by atomic mass is 16.5. The van der Waals surface area contributed by atoms with E-state index in [4.69, 9.17) is 10.5 Å². The van der Waals surface area contributed by atoms with Gasteiger partial charge in [-0.2, -0.15) is 5.10 Å². The number of aryl methyl sites for hydroxylation is 2. The highest BCUT2D eigenvalue weighted by Gasteiger charge is 2.12. The van der Waals surface area contributed by atoms with Crippen molar-refractivity contribution in [1.82, 2.24) is 9.78 Å². The van der Waals surface area contributed by atoms with Crippen LogP contribution in [-0.2, 0) is 23.0 Å². The quantitative estimate of drug-likeness (QED) is 0.716. The Hall–Kier alpha value is -1.72. The van der Waals surface area contributed by atoms with Gasteiger partial charge in [0.25, 0.3) is 0 Å². The number of nitrogens with one attached hydrogen (secondary N) is 1. The molecule has 6 nitrogen and oxygen atoms in total. The second-order valence-corrected chi connectivity index (χ2v) is 3.34. The maximum absolute atomic E-state index is 11.2. The number of hydrogen-bond acceptors (Lipinski definition) is 5. The molecule has 0 saturated heterocycles. The number of hydrogen-bond donors (Lipinski definition) is 2.